The summed E-state index contributed by atoms with van der Waals surface area (Å²) in [6.07, 6.45) is -4.36. The first-order valence-electron chi connectivity index (χ1n) is 6.80. The van der Waals surface area contributed by atoms with Crippen LogP contribution in [0.2, 0.25) is 0 Å². The van der Waals surface area contributed by atoms with Gasteiger partial charge in [-0.1, -0.05) is 12.1 Å². The molecule has 1 unspecified atom stereocenters. The maximum Gasteiger partial charge on any atom is 0.416 e. The number of nitrogens with zero attached hydrogens (tertiary/aromatic N) is 1. The summed E-state index contributed by atoms with van der Waals surface area (Å²) in [4.78, 5) is 12.2. The Labute approximate surface area is 126 Å². The summed E-state index contributed by atoms with van der Waals surface area (Å²) in [5.41, 5.74) is 1.38. The van der Waals surface area contributed by atoms with Crippen molar-refractivity contribution in [3.63, 3.8) is 0 Å². The zero-order valence-electron chi connectivity index (χ0n) is 12.5. The molecule has 2 aromatic rings. The molecule has 1 heterocycles. The molecule has 0 spiro atoms. The van der Waals surface area contributed by atoms with Crippen molar-refractivity contribution in [3.8, 4) is 0 Å². The van der Waals surface area contributed by atoms with Gasteiger partial charge >= 0.3 is 6.18 Å². The maximum atomic E-state index is 12.5. The minimum Gasteiger partial charge on any atom is -0.344 e. The summed E-state index contributed by atoms with van der Waals surface area (Å²) in [6.45, 7) is 3.62. The highest BCUT2D eigenvalue weighted by Crippen LogP contribution is 2.29. The molecule has 22 heavy (non-hydrogen) atoms. The molecular formula is C16H17F3N2O. The molecule has 1 aromatic carbocycles. The Morgan fingerprint density at radius 3 is 2.18 bits per heavy atom. The minimum absolute atomic E-state index is 0.261. The number of benzene rings is 1. The predicted molar refractivity (Wildman–Crippen MR) is 77.5 cm³/mol. The van der Waals surface area contributed by atoms with E-state index in [2.05, 4.69) is 5.32 Å². The molecule has 1 N–H and O–H groups in total. The quantitative estimate of drug-likeness (QED) is 0.918. The van der Waals surface area contributed by atoms with E-state index in [1.807, 2.05) is 13.0 Å². The molecule has 0 aliphatic rings. The Hall–Kier alpha value is -2.24. The Bertz CT molecular complexity index is 672. The number of amides is 1. The first kappa shape index (κ1) is 16.1. The molecule has 3 nitrogen and oxygen atoms in total. The number of hydrogen-bond acceptors (Lipinski definition) is 1. The van der Waals surface area contributed by atoms with Gasteiger partial charge in [0.25, 0.3) is 5.91 Å². The second-order valence-corrected chi connectivity index (χ2v) is 5.23. The molecule has 0 aliphatic carbocycles. The Morgan fingerprint density at radius 1 is 1.14 bits per heavy atom. The number of carbonyl (C=O) groups is 1. The van der Waals surface area contributed by atoms with Gasteiger partial charge in [-0.3, -0.25) is 4.79 Å². The zero-order valence-corrected chi connectivity index (χ0v) is 12.5. The number of aromatic nitrogens is 1. The van der Waals surface area contributed by atoms with E-state index in [0.29, 0.717) is 11.3 Å². The van der Waals surface area contributed by atoms with Gasteiger partial charge in [-0.15, -0.1) is 0 Å². The standard InChI is InChI=1S/C16H17F3N2O/c1-10-4-9-14(21(10)3)15(22)20-11(2)12-5-7-13(8-6-12)16(17,18)19/h4-9,11H,1-3H3,(H,20,22). The number of halogens is 3. The smallest absolute Gasteiger partial charge is 0.344 e. The van der Waals surface area contributed by atoms with Crippen LogP contribution in [-0.4, -0.2) is 10.5 Å². The number of nitrogens with one attached hydrogen (secondary N) is 1. The highest BCUT2D eigenvalue weighted by atomic mass is 19.4. The number of hydrogen-bond donors (Lipinski definition) is 1. The van der Waals surface area contributed by atoms with Crippen LogP contribution in [0.4, 0.5) is 13.2 Å². The van der Waals surface area contributed by atoms with E-state index in [9.17, 15) is 18.0 Å². The van der Waals surface area contributed by atoms with Crippen LogP contribution in [0.3, 0.4) is 0 Å². The monoisotopic (exact) mass is 310 g/mol. The second-order valence-electron chi connectivity index (χ2n) is 5.23. The minimum atomic E-state index is -4.36. The van der Waals surface area contributed by atoms with Crippen molar-refractivity contribution in [2.24, 2.45) is 7.05 Å². The third kappa shape index (κ3) is 3.32. The normalized spacial score (nSPS) is 13.0. The van der Waals surface area contributed by atoms with E-state index >= 15 is 0 Å². The third-order valence-electron chi connectivity index (χ3n) is 3.69. The van der Waals surface area contributed by atoms with E-state index in [0.717, 1.165) is 17.8 Å². The first-order chi connectivity index (χ1) is 10.2. The number of carbonyl (C=O) groups excluding carboxylic acids is 1. The lowest BCUT2D eigenvalue weighted by molar-refractivity contribution is -0.137. The lowest BCUT2D eigenvalue weighted by Gasteiger charge is -2.16. The molecule has 0 saturated heterocycles. The molecule has 1 aromatic heterocycles. The second kappa shape index (κ2) is 5.87. The summed E-state index contributed by atoms with van der Waals surface area (Å²) in [6, 6.07) is 7.95. The predicted octanol–water partition coefficient (Wildman–Crippen LogP) is 3.84. The van der Waals surface area contributed by atoms with Gasteiger partial charge in [-0.25, -0.2) is 0 Å². The third-order valence-corrected chi connectivity index (χ3v) is 3.69. The van der Waals surface area contributed by atoms with E-state index < -0.39 is 11.7 Å². The highest BCUT2D eigenvalue weighted by Gasteiger charge is 2.30. The van der Waals surface area contributed by atoms with Crippen LogP contribution in [0.5, 0.6) is 0 Å². The van der Waals surface area contributed by atoms with Gasteiger partial charge in [0.15, 0.2) is 0 Å². The number of rotatable bonds is 3. The van der Waals surface area contributed by atoms with E-state index in [4.69, 9.17) is 0 Å². The van der Waals surface area contributed by atoms with Crippen molar-refractivity contribution in [1.82, 2.24) is 9.88 Å². The van der Waals surface area contributed by atoms with Gasteiger partial charge in [0.1, 0.15) is 5.69 Å². The van der Waals surface area contributed by atoms with Crippen LogP contribution >= 0.6 is 0 Å². The summed E-state index contributed by atoms with van der Waals surface area (Å²) in [7, 11) is 1.78. The molecule has 0 aliphatic heterocycles. The molecular weight excluding hydrogens is 293 g/mol. The van der Waals surface area contributed by atoms with Crippen LogP contribution in [0.25, 0.3) is 0 Å². The van der Waals surface area contributed by atoms with Gasteiger partial charge in [-0.2, -0.15) is 13.2 Å². The largest absolute Gasteiger partial charge is 0.416 e. The lowest BCUT2D eigenvalue weighted by Crippen LogP contribution is -2.28. The average molecular weight is 310 g/mol. The van der Waals surface area contributed by atoms with E-state index in [-0.39, 0.29) is 11.9 Å². The number of aryl methyl sites for hydroxylation is 1. The molecule has 0 saturated carbocycles. The molecule has 0 bridgehead atoms. The van der Waals surface area contributed by atoms with Crippen molar-refractivity contribution < 1.29 is 18.0 Å². The van der Waals surface area contributed by atoms with Gasteiger partial charge in [0.05, 0.1) is 11.6 Å². The van der Waals surface area contributed by atoms with Crippen LogP contribution in [-0.2, 0) is 13.2 Å². The molecule has 118 valence electrons. The molecule has 2 rings (SSSR count). The first-order valence-corrected chi connectivity index (χ1v) is 6.80. The maximum absolute atomic E-state index is 12.5. The van der Waals surface area contributed by atoms with Gasteiger partial charge in [-0.05, 0) is 43.7 Å². The van der Waals surface area contributed by atoms with Gasteiger partial charge in [0.2, 0.25) is 0 Å². The fourth-order valence-corrected chi connectivity index (χ4v) is 2.16. The van der Waals surface area contributed by atoms with Crippen LogP contribution in [0.1, 0.15) is 40.3 Å². The van der Waals surface area contributed by atoms with Crippen LogP contribution in [0.15, 0.2) is 36.4 Å². The van der Waals surface area contributed by atoms with Crippen LogP contribution < -0.4 is 5.32 Å². The molecule has 1 atom stereocenters. The van der Waals surface area contributed by atoms with Gasteiger partial charge in [0, 0.05) is 12.7 Å². The average Bonchev–Trinajstić information content (AvgIpc) is 2.78. The zero-order chi connectivity index (χ0) is 16.5. The van der Waals surface area contributed by atoms with Crippen molar-refractivity contribution in [1.29, 1.82) is 0 Å². The lowest BCUT2D eigenvalue weighted by atomic mass is 10.1. The van der Waals surface area contributed by atoms with Crippen molar-refractivity contribution in [2.45, 2.75) is 26.1 Å². The summed E-state index contributed by atoms with van der Waals surface area (Å²) in [5.74, 6) is -0.261. The fraction of sp³-hybridized carbons (Fsp3) is 0.312. The molecule has 6 heteroatoms. The Balaban J connectivity index is 2.10. The van der Waals surface area contributed by atoms with Crippen LogP contribution in [0, 0.1) is 6.92 Å². The molecule has 0 radical (unpaired) electrons. The van der Waals surface area contributed by atoms with Crippen molar-refractivity contribution >= 4 is 5.91 Å². The Morgan fingerprint density at radius 2 is 1.73 bits per heavy atom. The summed E-state index contributed by atoms with van der Waals surface area (Å²) < 4.78 is 39.3. The topological polar surface area (TPSA) is 34.0 Å². The van der Waals surface area contributed by atoms with Crippen molar-refractivity contribution in [3.05, 3.63) is 58.9 Å². The SMILES string of the molecule is Cc1ccc(C(=O)NC(C)c2ccc(C(F)(F)F)cc2)n1C. The highest BCUT2D eigenvalue weighted by molar-refractivity contribution is 5.93. The Kier molecular flexibility index (Phi) is 4.30. The fourth-order valence-electron chi connectivity index (χ4n) is 2.16. The van der Waals surface area contributed by atoms with E-state index in [1.54, 1.807) is 24.6 Å². The molecule has 0 fully saturated rings. The summed E-state index contributed by atoms with van der Waals surface area (Å²) in [5, 5.41) is 2.78. The summed E-state index contributed by atoms with van der Waals surface area (Å²) >= 11 is 0. The van der Waals surface area contributed by atoms with E-state index in [1.165, 1.54) is 12.1 Å². The molecule has 1 amide bonds. The van der Waals surface area contributed by atoms with Gasteiger partial charge < -0.3 is 9.88 Å². The van der Waals surface area contributed by atoms with Crippen molar-refractivity contribution in [2.75, 3.05) is 0 Å². The number of alkyl halides is 3.